The molecule has 0 bridgehead atoms. The van der Waals surface area contributed by atoms with Gasteiger partial charge in [0.1, 0.15) is 5.75 Å². The molecular weight excluding hydrogens is 412 g/mol. The summed E-state index contributed by atoms with van der Waals surface area (Å²) in [5.41, 5.74) is 10.9. The van der Waals surface area contributed by atoms with E-state index in [4.69, 9.17) is 10.5 Å². The van der Waals surface area contributed by atoms with E-state index >= 15 is 0 Å². The third kappa shape index (κ3) is 5.35. The monoisotopic (exact) mass is 442 g/mol. The Kier molecular flexibility index (Phi) is 6.95. The van der Waals surface area contributed by atoms with Gasteiger partial charge in [-0.1, -0.05) is 43.0 Å². The summed E-state index contributed by atoms with van der Waals surface area (Å²) in [5, 5.41) is 2.86. The lowest BCUT2D eigenvalue weighted by Gasteiger charge is -2.37. The van der Waals surface area contributed by atoms with Crippen molar-refractivity contribution in [2.75, 3.05) is 55.8 Å². The molecule has 1 aliphatic heterocycles. The van der Waals surface area contributed by atoms with E-state index < -0.39 is 0 Å². The molecule has 6 heteroatoms. The van der Waals surface area contributed by atoms with Crippen molar-refractivity contribution >= 4 is 28.5 Å². The standard InChI is InChI=1S/C27H30N4O2/c1-20(19-30-15-17-31(18-16-30)25-9-5-6-10-26(25)33-2)21-11-13-22(14-12-21)27(32)29-24-8-4-3-7-23(24)28/h3-14H,1,15-19,28H2,2H3,(H,29,32). The number of nitrogens with two attached hydrogens (primary N) is 1. The summed E-state index contributed by atoms with van der Waals surface area (Å²) in [5.74, 6) is 0.729. The van der Waals surface area contributed by atoms with Gasteiger partial charge in [0.2, 0.25) is 0 Å². The predicted octanol–water partition coefficient (Wildman–Crippen LogP) is 4.37. The fourth-order valence-electron chi connectivity index (χ4n) is 4.06. The Morgan fingerprint density at radius 1 is 0.939 bits per heavy atom. The predicted molar refractivity (Wildman–Crippen MR) is 136 cm³/mol. The molecule has 0 spiro atoms. The topological polar surface area (TPSA) is 70.8 Å². The molecule has 1 heterocycles. The zero-order valence-corrected chi connectivity index (χ0v) is 19.0. The van der Waals surface area contributed by atoms with Crippen molar-refractivity contribution in [3.8, 4) is 5.75 Å². The fraction of sp³-hybridized carbons (Fsp3) is 0.222. The minimum Gasteiger partial charge on any atom is -0.495 e. The van der Waals surface area contributed by atoms with Crippen LogP contribution in [-0.2, 0) is 0 Å². The minimum absolute atomic E-state index is 0.183. The Balaban J connectivity index is 1.31. The number of rotatable bonds is 7. The lowest BCUT2D eigenvalue weighted by atomic mass is 10.0. The van der Waals surface area contributed by atoms with Crippen LogP contribution in [0.5, 0.6) is 5.75 Å². The summed E-state index contributed by atoms with van der Waals surface area (Å²) >= 11 is 0. The Bertz CT molecular complexity index is 1120. The van der Waals surface area contributed by atoms with Crippen LogP contribution in [-0.4, -0.2) is 50.6 Å². The summed E-state index contributed by atoms with van der Waals surface area (Å²) in [6.07, 6.45) is 0. The number of carbonyl (C=O) groups is 1. The largest absolute Gasteiger partial charge is 0.495 e. The Morgan fingerprint density at radius 3 is 2.27 bits per heavy atom. The fourth-order valence-corrected chi connectivity index (χ4v) is 4.06. The molecule has 1 aliphatic rings. The van der Waals surface area contributed by atoms with Gasteiger partial charge in [-0.15, -0.1) is 0 Å². The summed E-state index contributed by atoms with van der Waals surface area (Å²) in [4.78, 5) is 17.3. The number of nitrogens with one attached hydrogen (secondary N) is 1. The molecular formula is C27H30N4O2. The van der Waals surface area contributed by atoms with Gasteiger partial charge in [0.05, 0.1) is 24.2 Å². The van der Waals surface area contributed by atoms with Crippen molar-refractivity contribution in [1.82, 2.24) is 4.90 Å². The average Bonchev–Trinajstić information content (AvgIpc) is 2.86. The number of hydrogen-bond donors (Lipinski definition) is 2. The van der Waals surface area contributed by atoms with Crippen molar-refractivity contribution in [3.63, 3.8) is 0 Å². The number of ether oxygens (including phenoxy) is 1. The number of benzene rings is 3. The average molecular weight is 443 g/mol. The van der Waals surface area contributed by atoms with Crippen molar-refractivity contribution in [2.24, 2.45) is 0 Å². The molecule has 0 radical (unpaired) electrons. The molecule has 0 unspecified atom stereocenters. The van der Waals surface area contributed by atoms with Crippen LogP contribution in [0.3, 0.4) is 0 Å². The number of nitrogens with zero attached hydrogens (tertiary/aromatic N) is 2. The lowest BCUT2D eigenvalue weighted by Crippen LogP contribution is -2.46. The summed E-state index contributed by atoms with van der Waals surface area (Å²) in [6, 6.07) is 22.9. The van der Waals surface area contributed by atoms with Crippen LogP contribution >= 0.6 is 0 Å². The Labute approximate surface area is 195 Å². The molecule has 4 rings (SSSR count). The van der Waals surface area contributed by atoms with Crippen LogP contribution in [0.4, 0.5) is 17.1 Å². The smallest absolute Gasteiger partial charge is 0.255 e. The molecule has 0 saturated carbocycles. The van der Waals surface area contributed by atoms with Gasteiger partial charge in [-0.25, -0.2) is 0 Å². The van der Waals surface area contributed by atoms with Gasteiger partial charge in [0, 0.05) is 38.3 Å². The van der Waals surface area contributed by atoms with Gasteiger partial charge in [0.25, 0.3) is 5.91 Å². The second-order valence-electron chi connectivity index (χ2n) is 8.16. The van der Waals surface area contributed by atoms with Gasteiger partial charge >= 0.3 is 0 Å². The van der Waals surface area contributed by atoms with E-state index in [-0.39, 0.29) is 5.91 Å². The molecule has 3 N–H and O–H groups in total. The van der Waals surface area contributed by atoms with Crippen LogP contribution in [0, 0.1) is 0 Å². The van der Waals surface area contributed by atoms with Crippen molar-refractivity contribution in [3.05, 3.63) is 90.5 Å². The van der Waals surface area contributed by atoms with Gasteiger partial charge in [-0.3, -0.25) is 9.69 Å². The maximum absolute atomic E-state index is 12.5. The normalized spacial score (nSPS) is 14.0. The van der Waals surface area contributed by atoms with E-state index in [1.807, 2.05) is 54.6 Å². The number of para-hydroxylation sites is 4. The van der Waals surface area contributed by atoms with Crippen molar-refractivity contribution in [2.45, 2.75) is 0 Å². The molecule has 170 valence electrons. The van der Waals surface area contributed by atoms with E-state index in [2.05, 4.69) is 27.8 Å². The summed E-state index contributed by atoms with van der Waals surface area (Å²) in [7, 11) is 1.71. The molecule has 0 aromatic heterocycles. The number of amides is 1. The highest BCUT2D eigenvalue weighted by Gasteiger charge is 2.20. The van der Waals surface area contributed by atoms with Crippen LogP contribution < -0.4 is 20.7 Å². The zero-order chi connectivity index (χ0) is 23.2. The molecule has 1 saturated heterocycles. The summed E-state index contributed by atoms with van der Waals surface area (Å²) < 4.78 is 5.51. The highest BCUT2D eigenvalue weighted by atomic mass is 16.5. The molecule has 6 nitrogen and oxygen atoms in total. The minimum atomic E-state index is -0.183. The van der Waals surface area contributed by atoms with Gasteiger partial charge in [-0.2, -0.15) is 0 Å². The van der Waals surface area contributed by atoms with Gasteiger partial charge in [-0.05, 0) is 47.5 Å². The Hall–Kier alpha value is -3.77. The van der Waals surface area contributed by atoms with Gasteiger partial charge in [0.15, 0.2) is 0 Å². The highest BCUT2D eigenvalue weighted by Crippen LogP contribution is 2.28. The number of nitrogen functional groups attached to an aromatic ring is 1. The first-order chi connectivity index (χ1) is 16.0. The first-order valence-corrected chi connectivity index (χ1v) is 11.1. The van der Waals surface area contributed by atoms with Crippen LogP contribution in [0.25, 0.3) is 5.57 Å². The highest BCUT2D eigenvalue weighted by molar-refractivity contribution is 6.05. The van der Waals surface area contributed by atoms with Crippen LogP contribution in [0.2, 0.25) is 0 Å². The second kappa shape index (κ2) is 10.2. The van der Waals surface area contributed by atoms with E-state index in [1.54, 1.807) is 19.2 Å². The van der Waals surface area contributed by atoms with Crippen LogP contribution in [0.15, 0.2) is 79.4 Å². The SMILES string of the molecule is C=C(CN1CCN(c2ccccc2OC)CC1)c1ccc(C(=O)Nc2ccccc2N)cc1. The molecule has 3 aromatic rings. The number of methoxy groups -OCH3 is 1. The van der Waals surface area contributed by atoms with E-state index in [1.165, 1.54) is 0 Å². The number of carbonyl (C=O) groups excluding carboxylic acids is 1. The van der Waals surface area contributed by atoms with Crippen molar-refractivity contribution in [1.29, 1.82) is 0 Å². The lowest BCUT2D eigenvalue weighted by molar-refractivity contribution is 0.102. The molecule has 3 aromatic carbocycles. The molecule has 1 fully saturated rings. The van der Waals surface area contributed by atoms with E-state index in [0.717, 1.165) is 55.3 Å². The molecule has 1 amide bonds. The van der Waals surface area contributed by atoms with E-state index in [0.29, 0.717) is 16.9 Å². The maximum Gasteiger partial charge on any atom is 0.255 e. The van der Waals surface area contributed by atoms with Crippen molar-refractivity contribution < 1.29 is 9.53 Å². The van der Waals surface area contributed by atoms with Crippen LogP contribution in [0.1, 0.15) is 15.9 Å². The third-order valence-corrected chi connectivity index (χ3v) is 5.98. The first-order valence-electron chi connectivity index (χ1n) is 11.1. The quantitative estimate of drug-likeness (QED) is 0.532. The van der Waals surface area contributed by atoms with Gasteiger partial charge < -0.3 is 20.7 Å². The first kappa shape index (κ1) is 22.4. The molecule has 33 heavy (non-hydrogen) atoms. The number of hydrogen-bond acceptors (Lipinski definition) is 5. The van der Waals surface area contributed by atoms with E-state index in [9.17, 15) is 4.79 Å². The zero-order valence-electron chi connectivity index (χ0n) is 19.0. The summed E-state index contributed by atoms with van der Waals surface area (Å²) in [6.45, 7) is 8.87. The third-order valence-electron chi connectivity index (χ3n) is 5.98. The second-order valence-corrected chi connectivity index (χ2v) is 8.16. The number of anilines is 3. The molecule has 0 aliphatic carbocycles. The number of piperazine rings is 1. The Morgan fingerprint density at radius 2 is 1.58 bits per heavy atom. The maximum atomic E-state index is 12.5. The molecule has 0 atom stereocenters.